The second kappa shape index (κ2) is 11.6. The summed E-state index contributed by atoms with van der Waals surface area (Å²) in [6.45, 7) is 7.78. The summed E-state index contributed by atoms with van der Waals surface area (Å²) in [6.07, 6.45) is 5.36. The Balaban J connectivity index is 4.15. The second-order valence-corrected chi connectivity index (χ2v) is 5.34. The first kappa shape index (κ1) is 18.7. The Morgan fingerprint density at radius 1 is 1.25 bits per heavy atom. The van der Waals surface area contributed by atoms with Crippen molar-refractivity contribution in [2.45, 2.75) is 58.9 Å². The van der Waals surface area contributed by atoms with E-state index in [1.807, 2.05) is 6.92 Å². The monoisotopic (exact) mass is 284 g/mol. The van der Waals surface area contributed by atoms with Crippen LogP contribution >= 0.6 is 0 Å². The molecule has 1 amide bonds. The summed E-state index contributed by atoms with van der Waals surface area (Å²) in [5.41, 5.74) is 0. The largest absolute Gasteiger partial charge is 0.357 e. The quantitative estimate of drug-likeness (QED) is 0.387. The zero-order valence-corrected chi connectivity index (χ0v) is 13.8. The predicted octanol–water partition coefficient (Wildman–Crippen LogP) is 1.99. The molecule has 0 saturated carbocycles. The van der Waals surface area contributed by atoms with Crippen molar-refractivity contribution in [3.63, 3.8) is 0 Å². The van der Waals surface area contributed by atoms with E-state index in [2.05, 4.69) is 29.5 Å². The molecule has 5 heteroatoms. The van der Waals surface area contributed by atoms with Crippen LogP contribution in [0.3, 0.4) is 0 Å². The van der Waals surface area contributed by atoms with Gasteiger partial charge in [0.15, 0.2) is 5.96 Å². The van der Waals surface area contributed by atoms with E-state index in [1.165, 1.54) is 19.3 Å². The van der Waals surface area contributed by atoms with E-state index in [1.54, 1.807) is 19.0 Å². The van der Waals surface area contributed by atoms with Gasteiger partial charge in [-0.05, 0) is 20.3 Å². The second-order valence-electron chi connectivity index (χ2n) is 5.34. The fourth-order valence-electron chi connectivity index (χ4n) is 1.81. The number of nitrogens with one attached hydrogen (secondary N) is 2. The van der Waals surface area contributed by atoms with Crippen LogP contribution in [0.15, 0.2) is 4.99 Å². The Hall–Kier alpha value is -1.26. The maximum Gasteiger partial charge on any atom is 0.223 e. The lowest BCUT2D eigenvalue weighted by molar-refractivity contribution is -0.128. The van der Waals surface area contributed by atoms with Gasteiger partial charge in [-0.1, -0.05) is 26.2 Å². The van der Waals surface area contributed by atoms with Gasteiger partial charge in [-0.15, -0.1) is 0 Å². The first-order valence-electron chi connectivity index (χ1n) is 7.76. The van der Waals surface area contributed by atoms with Crippen LogP contribution in [0.2, 0.25) is 0 Å². The normalized spacial score (nSPS) is 12.9. The third-order valence-corrected chi connectivity index (χ3v) is 3.06. The third kappa shape index (κ3) is 9.64. The molecule has 0 aromatic carbocycles. The van der Waals surface area contributed by atoms with E-state index in [0.717, 1.165) is 18.9 Å². The van der Waals surface area contributed by atoms with Gasteiger partial charge in [-0.3, -0.25) is 9.79 Å². The molecular weight excluding hydrogens is 252 g/mol. The number of carbonyl (C=O) groups is 1. The summed E-state index contributed by atoms with van der Waals surface area (Å²) in [5, 5.41) is 6.61. The van der Waals surface area contributed by atoms with Crippen molar-refractivity contribution in [1.29, 1.82) is 0 Å². The standard InChI is InChI=1S/C15H32N4O/c1-6-8-9-10-13(3)18-15(16-7-2)17-12-11-14(20)19(4)5/h13H,6-12H2,1-5H3,(H2,16,17,18). The Labute approximate surface area is 124 Å². The van der Waals surface area contributed by atoms with Crippen molar-refractivity contribution in [1.82, 2.24) is 15.5 Å². The van der Waals surface area contributed by atoms with Gasteiger partial charge in [0.05, 0.1) is 6.54 Å². The fraction of sp³-hybridized carbons (Fsp3) is 0.867. The van der Waals surface area contributed by atoms with Crippen molar-refractivity contribution < 1.29 is 4.79 Å². The van der Waals surface area contributed by atoms with Crippen molar-refractivity contribution >= 4 is 11.9 Å². The van der Waals surface area contributed by atoms with Crippen molar-refractivity contribution in [2.75, 3.05) is 27.2 Å². The zero-order chi connectivity index (χ0) is 15.4. The van der Waals surface area contributed by atoms with Gasteiger partial charge in [-0.25, -0.2) is 0 Å². The summed E-state index contributed by atoms with van der Waals surface area (Å²) >= 11 is 0. The molecule has 0 aliphatic rings. The van der Waals surface area contributed by atoms with Crippen LogP contribution in [0, 0.1) is 0 Å². The first-order valence-corrected chi connectivity index (χ1v) is 7.76. The highest BCUT2D eigenvalue weighted by Gasteiger charge is 2.06. The van der Waals surface area contributed by atoms with Crippen molar-refractivity contribution in [2.24, 2.45) is 4.99 Å². The zero-order valence-electron chi connectivity index (χ0n) is 13.8. The molecule has 0 aromatic rings. The molecule has 0 heterocycles. The molecular formula is C15H32N4O. The number of hydrogen-bond acceptors (Lipinski definition) is 2. The molecule has 20 heavy (non-hydrogen) atoms. The van der Waals surface area contributed by atoms with Crippen LogP contribution in [-0.2, 0) is 4.79 Å². The average Bonchev–Trinajstić information content (AvgIpc) is 2.38. The van der Waals surface area contributed by atoms with Gasteiger partial charge >= 0.3 is 0 Å². The number of aliphatic imine (C=N–C) groups is 1. The lowest BCUT2D eigenvalue weighted by atomic mass is 10.1. The van der Waals surface area contributed by atoms with E-state index >= 15 is 0 Å². The molecule has 1 unspecified atom stereocenters. The van der Waals surface area contributed by atoms with Crippen molar-refractivity contribution in [3.05, 3.63) is 0 Å². The minimum absolute atomic E-state index is 0.112. The minimum Gasteiger partial charge on any atom is -0.357 e. The summed E-state index contributed by atoms with van der Waals surface area (Å²) in [7, 11) is 3.54. The van der Waals surface area contributed by atoms with Gasteiger partial charge in [0.25, 0.3) is 0 Å². The van der Waals surface area contributed by atoms with Crippen LogP contribution in [0.1, 0.15) is 52.9 Å². The minimum atomic E-state index is 0.112. The number of unbranched alkanes of at least 4 members (excludes halogenated alkanes) is 2. The third-order valence-electron chi connectivity index (χ3n) is 3.06. The van der Waals surface area contributed by atoms with Gasteiger partial charge in [0.2, 0.25) is 5.91 Å². The molecule has 0 aromatic heterocycles. The van der Waals surface area contributed by atoms with Crippen LogP contribution in [0.5, 0.6) is 0 Å². The number of rotatable bonds is 9. The molecule has 0 saturated heterocycles. The average molecular weight is 284 g/mol. The molecule has 0 radical (unpaired) electrons. The maximum atomic E-state index is 11.5. The summed E-state index contributed by atoms with van der Waals surface area (Å²) in [4.78, 5) is 17.5. The topological polar surface area (TPSA) is 56.7 Å². The highest BCUT2D eigenvalue weighted by atomic mass is 16.2. The van der Waals surface area contributed by atoms with Gasteiger partial charge < -0.3 is 15.5 Å². The molecule has 0 spiro atoms. The number of nitrogens with zero attached hydrogens (tertiary/aromatic N) is 2. The molecule has 5 nitrogen and oxygen atoms in total. The summed E-state index contributed by atoms with van der Waals surface area (Å²) < 4.78 is 0. The predicted molar refractivity (Wildman–Crippen MR) is 86.0 cm³/mol. The summed E-state index contributed by atoms with van der Waals surface area (Å²) in [6, 6.07) is 0.406. The highest BCUT2D eigenvalue weighted by molar-refractivity contribution is 5.81. The molecule has 0 rings (SSSR count). The van der Waals surface area contributed by atoms with Crippen LogP contribution < -0.4 is 10.6 Å². The maximum absolute atomic E-state index is 11.5. The molecule has 2 N–H and O–H groups in total. The van der Waals surface area contributed by atoms with E-state index in [9.17, 15) is 4.79 Å². The van der Waals surface area contributed by atoms with E-state index < -0.39 is 0 Å². The fourth-order valence-corrected chi connectivity index (χ4v) is 1.81. The first-order chi connectivity index (χ1) is 9.51. The number of hydrogen-bond donors (Lipinski definition) is 2. The molecule has 0 aliphatic heterocycles. The Bertz CT molecular complexity index is 290. The van der Waals surface area contributed by atoms with E-state index in [0.29, 0.717) is 19.0 Å². The molecule has 118 valence electrons. The Kier molecular flexibility index (Phi) is 10.8. The molecule has 1 atom stereocenters. The Morgan fingerprint density at radius 2 is 1.95 bits per heavy atom. The van der Waals surface area contributed by atoms with Crippen LogP contribution in [-0.4, -0.2) is 50.0 Å². The molecule has 0 bridgehead atoms. The lowest BCUT2D eigenvalue weighted by Crippen LogP contribution is -2.42. The van der Waals surface area contributed by atoms with E-state index in [4.69, 9.17) is 0 Å². The molecule has 0 aliphatic carbocycles. The van der Waals surface area contributed by atoms with Gasteiger partial charge in [0, 0.05) is 33.1 Å². The smallest absolute Gasteiger partial charge is 0.223 e. The van der Waals surface area contributed by atoms with Gasteiger partial charge in [-0.2, -0.15) is 0 Å². The Morgan fingerprint density at radius 3 is 2.50 bits per heavy atom. The number of amides is 1. The van der Waals surface area contributed by atoms with Crippen LogP contribution in [0.25, 0.3) is 0 Å². The summed E-state index contributed by atoms with van der Waals surface area (Å²) in [5.74, 6) is 0.920. The van der Waals surface area contributed by atoms with E-state index in [-0.39, 0.29) is 5.91 Å². The number of carbonyl (C=O) groups excluding carboxylic acids is 1. The van der Waals surface area contributed by atoms with Crippen molar-refractivity contribution in [3.8, 4) is 0 Å². The highest BCUT2D eigenvalue weighted by Crippen LogP contribution is 2.02. The number of guanidine groups is 1. The molecule has 0 fully saturated rings. The van der Waals surface area contributed by atoms with Gasteiger partial charge in [0.1, 0.15) is 0 Å². The lowest BCUT2D eigenvalue weighted by Gasteiger charge is -2.17. The SMILES string of the molecule is CCCCCC(C)NC(=NCCC(=O)N(C)C)NCC. The van der Waals surface area contributed by atoms with Crippen LogP contribution in [0.4, 0.5) is 0 Å².